The van der Waals surface area contributed by atoms with E-state index in [1.165, 1.54) is 5.56 Å². The van der Waals surface area contributed by atoms with E-state index in [2.05, 4.69) is 26.1 Å². The Morgan fingerprint density at radius 3 is 2.32 bits per heavy atom. The predicted octanol–water partition coefficient (Wildman–Crippen LogP) is 3.58. The van der Waals surface area contributed by atoms with Crippen molar-refractivity contribution in [3.63, 3.8) is 0 Å². The molecule has 0 aliphatic heterocycles. The van der Waals surface area contributed by atoms with Gasteiger partial charge >= 0.3 is 0 Å². The van der Waals surface area contributed by atoms with Gasteiger partial charge in [0.25, 0.3) is 5.91 Å². The summed E-state index contributed by atoms with van der Waals surface area (Å²) in [5.74, 6) is 0.432. The van der Waals surface area contributed by atoms with Crippen LogP contribution in [0.15, 0.2) is 48.5 Å². The molecular weight excluding hydrogens is 276 g/mol. The van der Waals surface area contributed by atoms with Gasteiger partial charge in [-0.05, 0) is 35.2 Å². The summed E-state index contributed by atoms with van der Waals surface area (Å²) in [6.07, 6.45) is 0. The normalized spacial score (nSPS) is 11.0. The maximum atomic E-state index is 11.9. The molecule has 4 nitrogen and oxygen atoms in total. The topological polar surface area (TPSA) is 64.3 Å². The standard InChI is InChI=1S/C18H22N2O2/c1-18(2,3)13-8-10-14(11-9-13)22-12-17(21)20-16-7-5-4-6-15(16)19/h4-11H,12,19H2,1-3H3,(H,20,21). The first-order valence-electron chi connectivity index (χ1n) is 7.24. The molecule has 0 saturated carbocycles. The Hall–Kier alpha value is -2.49. The van der Waals surface area contributed by atoms with Gasteiger partial charge in [0.05, 0.1) is 11.4 Å². The van der Waals surface area contributed by atoms with Crippen LogP contribution in [0.5, 0.6) is 5.75 Å². The minimum Gasteiger partial charge on any atom is -0.484 e. The van der Waals surface area contributed by atoms with Gasteiger partial charge in [0.2, 0.25) is 0 Å². The van der Waals surface area contributed by atoms with Crippen molar-refractivity contribution in [2.75, 3.05) is 17.7 Å². The fraction of sp³-hybridized carbons (Fsp3) is 0.278. The Morgan fingerprint density at radius 1 is 1.09 bits per heavy atom. The molecule has 4 heteroatoms. The summed E-state index contributed by atoms with van der Waals surface area (Å²) >= 11 is 0. The lowest BCUT2D eigenvalue weighted by molar-refractivity contribution is -0.118. The van der Waals surface area contributed by atoms with E-state index in [4.69, 9.17) is 10.5 Å². The van der Waals surface area contributed by atoms with Crippen LogP contribution in [-0.2, 0) is 10.2 Å². The van der Waals surface area contributed by atoms with Crippen molar-refractivity contribution < 1.29 is 9.53 Å². The quantitative estimate of drug-likeness (QED) is 0.848. The number of nitrogens with two attached hydrogens (primary N) is 1. The first-order valence-corrected chi connectivity index (χ1v) is 7.24. The minimum atomic E-state index is -0.238. The van der Waals surface area contributed by atoms with Gasteiger partial charge in [0.15, 0.2) is 6.61 Å². The summed E-state index contributed by atoms with van der Waals surface area (Å²) in [5, 5.41) is 2.73. The number of hydrogen-bond donors (Lipinski definition) is 2. The third-order valence-electron chi connectivity index (χ3n) is 3.33. The van der Waals surface area contributed by atoms with Crippen LogP contribution in [-0.4, -0.2) is 12.5 Å². The number of hydrogen-bond acceptors (Lipinski definition) is 3. The van der Waals surface area contributed by atoms with Gasteiger partial charge < -0.3 is 15.8 Å². The SMILES string of the molecule is CC(C)(C)c1ccc(OCC(=O)Nc2ccccc2N)cc1. The van der Waals surface area contributed by atoms with Gasteiger partial charge in [-0.1, -0.05) is 45.0 Å². The number of nitrogens with one attached hydrogen (secondary N) is 1. The molecule has 0 spiro atoms. The fourth-order valence-corrected chi connectivity index (χ4v) is 2.00. The smallest absolute Gasteiger partial charge is 0.262 e. The van der Waals surface area contributed by atoms with Gasteiger partial charge in [-0.15, -0.1) is 0 Å². The maximum absolute atomic E-state index is 11.9. The van der Waals surface area contributed by atoms with Crippen molar-refractivity contribution in [2.45, 2.75) is 26.2 Å². The first kappa shape index (κ1) is 15.9. The summed E-state index contributed by atoms with van der Waals surface area (Å²) in [5.41, 5.74) is 8.23. The lowest BCUT2D eigenvalue weighted by Gasteiger charge is -2.19. The number of carbonyl (C=O) groups is 1. The van der Waals surface area contributed by atoms with Gasteiger partial charge in [0, 0.05) is 0 Å². The fourth-order valence-electron chi connectivity index (χ4n) is 2.00. The van der Waals surface area contributed by atoms with E-state index >= 15 is 0 Å². The van der Waals surface area contributed by atoms with Crippen LogP contribution in [0.4, 0.5) is 11.4 Å². The molecule has 0 heterocycles. The zero-order valence-corrected chi connectivity index (χ0v) is 13.2. The van der Waals surface area contributed by atoms with Gasteiger partial charge in [-0.2, -0.15) is 0 Å². The van der Waals surface area contributed by atoms with Gasteiger partial charge in [-0.25, -0.2) is 0 Å². The monoisotopic (exact) mass is 298 g/mol. The van der Waals surface area contributed by atoms with Crippen LogP contribution in [0.2, 0.25) is 0 Å². The number of nitrogen functional groups attached to an aromatic ring is 1. The second kappa shape index (κ2) is 6.52. The summed E-state index contributed by atoms with van der Waals surface area (Å²) in [7, 11) is 0. The van der Waals surface area contributed by atoms with Crippen LogP contribution in [0.1, 0.15) is 26.3 Å². The summed E-state index contributed by atoms with van der Waals surface area (Å²) < 4.78 is 5.49. The molecule has 0 aliphatic carbocycles. The third-order valence-corrected chi connectivity index (χ3v) is 3.33. The highest BCUT2D eigenvalue weighted by atomic mass is 16.5. The average Bonchev–Trinajstić information content (AvgIpc) is 2.47. The molecule has 22 heavy (non-hydrogen) atoms. The van der Waals surface area contributed by atoms with Crippen LogP contribution in [0.25, 0.3) is 0 Å². The molecule has 0 aliphatic rings. The van der Waals surface area contributed by atoms with Crippen molar-refractivity contribution >= 4 is 17.3 Å². The molecule has 0 saturated heterocycles. The molecule has 2 rings (SSSR count). The number of rotatable bonds is 4. The van der Waals surface area contributed by atoms with Crippen LogP contribution >= 0.6 is 0 Å². The Bertz CT molecular complexity index is 643. The largest absolute Gasteiger partial charge is 0.484 e. The highest BCUT2D eigenvalue weighted by Gasteiger charge is 2.13. The number of ether oxygens (including phenoxy) is 1. The molecule has 2 aromatic rings. The number of amides is 1. The van der Waals surface area contributed by atoms with E-state index in [0.717, 1.165) is 0 Å². The highest BCUT2D eigenvalue weighted by Crippen LogP contribution is 2.24. The molecule has 0 bridgehead atoms. The molecule has 0 radical (unpaired) electrons. The Labute approximate surface area is 131 Å². The van der Waals surface area contributed by atoms with Crippen molar-refractivity contribution in [3.05, 3.63) is 54.1 Å². The molecular formula is C18H22N2O2. The second-order valence-electron chi connectivity index (χ2n) is 6.20. The molecule has 0 aromatic heterocycles. The molecule has 0 atom stereocenters. The molecule has 0 unspecified atom stereocenters. The molecule has 1 amide bonds. The van der Waals surface area contributed by atoms with E-state index < -0.39 is 0 Å². The second-order valence-corrected chi connectivity index (χ2v) is 6.20. The van der Waals surface area contributed by atoms with Crippen LogP contribution in [0, 0.1) is 0 Å². The lowest BCUT2D eigenvalue weighted by Crippen LogP contribution is -2.20. The Balaban J connectivity index is 1.90. The maximum Gasteiger partial charge on any atom is 0.262 e. The van der Waals surface area contributed by atoms with Crippen molar-refractivity contribution in [3.8, 4) is 5.75 Å². The molecule has 2 aromatic carbocycles. The van der Waals surface area contributed by atoms with E-state index in [-0.39, 0.29) is 17.9 Å². The minimum absolute atomic E-state index is 0.0524. The van der Waals surface area contributed by atoms with E-state index in [0.29, 0.717) is 17.1 Å². The molecule has 3 N–H and O–H groups in total. The number of benzene rings is 2. The predicted molar refractivity (Wildman–Crippen MR) is 90.1 cm³/mol. The van der Waals surface area contributed by atoms with Crippen molar-refractivity contribution in [1.82, 2.24) is 0 Å². The van der Waals surface area contributed by atoms with Gasteiger partial charge in [0.1, 0.15) is 5.75 Å². The van der Waals surface area contributed by atoms with Crippen LogP contribution < -0.4 is 15.8 Å². The molecule has 0 fully saturated rings. The summed E-state index contributed by atoms with van der Waals surface area (Å²) in [6.45, 7) is 6.41. The number of carbonyl (C=O) groups excluding carboxylic acids is 1. The highest BCUT2D eigenvalue weighted by molar-refractivity contribution is 5.94. The van der Waals surface area contributed by atoms with E-state index in [1.807, 2.05) is 36.4 Å². The number of para-hydroxylation sites is 2. The molecule has 116 valence electrons. The average molecular weight is 298 g/mol. The van der Waals surface area contributed by atoms with E-state index in [1.54, 1.807) is 12.1 Å². The number of anilines is 2. The Morgan fingerprint density at radius 2 is 1.73 bits per heavy atom. The van der Waals surface area contributed by atoms with Crippen molar-refractivity contribution in [1.29, 1.82) is 0 Å². The Kier molecular flexibility index (Phi) is 4.71. The third kappa shape index (κ3) is 4.25. The van der Waals surface area contributed by atoms with Crippen molar-refractivity contribution in [2.24, 2.45) is 0 Å². The zero-order chi connectivity index (χ0) is 16.2. The lowest BCUT2D eigenvalue weighted by atomic mass is 9.87. The van der Waals surface area contributed by atoms with Crippen LogP contribution in [0.3, 0.4) is 0 Å². The van der Waals surface area contributed by atoms with Gasteiger partial charge in [-0.3, -0.25) is 4.79 Å². The summed E-state index contributed by atoms with van der Waals surface area (Å²) in [4.78, 5) is 11.9. The summed E-state index contributed by atoms with van der Waals surface area (Å²) in [6, 6.07) is 14.9. The zero-order valence-electron chi connectivity index (χ0n) is 13.2. The first-order chi connectivity index (χ1) is 10.4. The van der Waals surface area contributed by atoms with E-state index in [9.17, 15) is 4.79 Å².